The van der Waals surface area contributed by atoms with Crippen LogP contribution >= 0.6 is 0 Å². The molecule has 8 heteroatoms. The maximum Gasteiger partial charge on any atom is 0.311 e. The van der Waals surface area contributed by atoms with E-state index in [1.807, 2.05) is 4.90 Å². The molecule has 2 aliphatic rings. The summed E-state index contributed by atoms with van der Waals surface area (Å²) in [7, 11) is -1.54. The molecule has 1 aromatic rings. The van der Waals surface area contributed by atoms with E-state index in [1.54, 1.807) is 12.1 Å². The maximum atomic E-state index is 11.9. The van der Waals surface area contributed by atoms with Gasteiger partial charge in [0.25, 0.3) is 0 Å². The van der Waals surface area contributed by atoms with E-state index in [0.717, 1.165) is 19.1 Å². The molecule has 0 aliphatic carbocycles. The van der Waals surface area contributed by atoms with Crippen LogP contribution in [-0.4, -0.2) is 56.7 Å². The quantitative estimate of drug-likeness (QED) is 0.615. The highest BCUT2D eigenvalue weighted by molar-refractivity contribution is 7.90. The lowest BCUT2D eigenvalue weighted by atomic mass is 10.1. The Bertz CT molecular complexity index is 734. The molecule has 1 aromatic carbocycles. The topological polar surface area (TPSA) is 83.8 Å². The lowest BCUT2D eigenvalue weighted by Crippen LogP contribution is -2.37. The van der Waals surface area contributed by atoms with Gasteiger partial charge in [-0.25, -0.2) is 8.42 Å². The predicted molar refractivity (Wildman–Crippen MR) is 87.6 cm³/mol. The highest BCUT2D eigenvalue weighted by atomic mass is 32.2. The molecule has 23 heavy (non-hydrogen) atoms. The number of rotatable bonds is 3. The number of hydrogen-bond acceptors (Lipinski definition) is 6. The van der Waals surface area contributed by atoms with Gasteiger partial charge in [0.15, 0.2) is 9.84 Å². The molecule has 2 atom stereocenters. The lowest BCUT2D eigenvalue weighted by Gasteiger charge is -2.27. The Kier molecular flexibility index (Phi) is 4.05. The first-order valence-corrected chi connectivity index (χ1v) is 9.62. The van der Waals surface area contributed by atoms with Crippen LogP contribution < -0.4 is 4.90 Å². The van der Waals surface area contributed by atoms with Crippen molar-refractivity contribution in [3.05, 3.63) is 28.3 Å². The molecule has 3 rings (SSSR count). The van der Waals surface area contributed by atoms with Crippen LogP contribution in [0.3, 0.4) is 0 Å². The third-order valence-electron chi connectivity index (χ3n) is 5.05. The predicted octanol–water partition coefficient (Wildman–Crippen LogP) is 1.67. The fourth-order valence-electron chi connectivity index (χ4n) is 3.78. The van der Waals surface area contributed by atoms with Gasteiger partial charge in [-0.15, -0.1) is 0 Å². The average molecular weight is 339 g/mol. The number of benzene rings is 1. The number of nitrogens with zero attached hydrogens (tertiary/aromatic N) is 3. The van der Waals surface area contributed by atoms with Crippen LogP contribution in [0.4, 0.5) is 11.4 Å². The second-order valence-corrected chi connectivity index (χ2v) is 8.42. The van der Waals surface area contributed by atoms with E-state index in [0.29, 0.717) is 30.9 Å². The molecule has 0 amide bonds. The van der Waals surface area contributed by atoms with Crippen molar-refractivity contribution in [3.8, 4) is 0 Å². The molecule has 2 unspecified atom stereocenters. The normalized spacial score (nSPS) is 25.4. The second-order valence-electron chi connectivity index (χ2n) is 6.44. The summed E-state index contributed by atoms with van der Waals surface area (Å²) in [5.41, 5.74) is 0.120. The Morgan fingerprint density at radius 3 is 2.57 bits per heavy atom. The Morgan fingerprint density at radius 1 is 1.22 bits per heavy atom. The molecule has 2 bridgehead atoms. The van der Waals surface area contributed by atoms with Gasteiger partial charge in [-0.1, -0.05) is 6.07 Å². The molecule has 0 saturated carbocycles. The Hall–Kier alpha value is -1.67. The van der Waals surface area contributed by atoms with E-state index in [1.165, 1.54) is 12.5 Å². The summed E-state index contributed by atoms with van der Waals surface area (Å²) < 4.78 is 23.8. The van der Waals surface area contributed by atoms with Gasteiger partial charge in [-0.2, -0.15) is 0 Å². The van der Waals surface area contributed by atoms with Crippen LogP contribution in [0.1, 0.15) is 19.3 Å². The first kappa shape index (κ1) is 16.2. The van der Waals surface area contributed by atoms with E-state index in [2.05, 4.69) is 11.9 Å². The molecule has 0 aromatic heterocycles. The molecule has 2 fully saturated rings. The van der Waals surface area contributed by atoms with Crippen LogP contribution in [-0.2, 0) is 9.84 Å². The molecule has 7 nitrogen and oxygen atoms in total. The maximum absolute atomic E-state index is 11.9. The third-order valence-corrected chi connectivity index (χ3v) is 6.18. The van der Waals surface area contributed by atoms with Crippen LogP contribution in [0.2, 0.25) is 0 Å². The zero-order chi connectivity index (χ0) is 16.8. The highest BCUT2D eigenvalue weighted by Crippen LogP contribution is 2.37. The van der Waals surface area contributed by atoms with Crippen LogP contribution in [0.15, 0.2) is 23.1 Å². The van der Waals surface area contributed by atoms with E-state index < -0.39 is 14.8 Å². The Morgan fingerprint density at radius 2 is 1.91 bits per heavy atom. The Labute approximate surface area is 136 Å². The number of fused-ring (bicyclic) bond motifs is 2. The summed E-state index contributed by atoms with van der Waals surface area (Å²) in [6, 6.07) is 5.44. The van der Waals surface area contributed by atoms with Gasteiger partial charge in [-0.3, -0.25) is 15.0 Å². The Balaban J connectivity index is 2.05. The van der Waals surface area contributed by atoms with Crippen molar-refractivity contribution in [2.75, 3.05) is 31.3 Å². The summed E-state index contributed by atoms with van der Waals surface area (Å²) in [6.07, 6.45) is 4.20. The largest absolute Gasteiger partial charge is 0.364 e. The first-order chi connectivity index (χ1) is 10.8. The van der Waals surface area contributed by atoms with Crippen molar-refractivity contribution >= 4 is 21.2 Å². The molecule has 2 heterocycles. The van der Waals surface area contributed by atoms with Gasteiger partial charge in [0.2, 0.25) is 0 Å². The number of sulfone groups is 1. The highest BCUT2D eigenvalue weighted by Gasteiger charge is 2.37. The van der Waals surface area contributed by atoms with Crippen molar-refractivity contribution < 1.29 is 13.3 Å². The summed E-state index contributed by atoms with van der Waals surface area (Å²) in [6.45, 7) is 1.40. The van der Waals surface area contributed by atoms with Gasteiger partial charge >= 0.3 is 5.69 Å². The van der Waals surface area contributed by atoms with Crippen molar-refractivity contribution in [2.24, 2.45) is 0 Å². The minimum atomic E-state index is -3.65. The first-order valence-electron chi connectivity index (χ1n) is 7.73. The van der Waals surface area contributed by atoms with Crippen molar-refractivity contribution in [1.82, 2.24) is 4.90 Å². The van der Waals surface area contributed by atoms with Gasteiger partial charge in [0.1, 0.15) is 10.6 Å². The molecule has 2 aliphatic heterocycles. The summed E-state index contributed by atoms with van der Waals surface area (Å²) in [5.74, 6) is 0. The SMILES string of the molecule is CN1C2CCC1CN(c1cccc(S(C)(=O)=O)c1[N+](=O)[O-])CC2. The fourth-order valence-corrected chi connectivity index (χ4v) is 4.63. The number of nitro benzene ring substituents is 1. The van der Waals surface area contributed by atoms with Gasteiger partial charge in [-0.05, 0) is 38.4 Å². The number of nitro groups is 1. The molecule has 126 valence electrons. The van der Waals surface area contributed by atoms with E-state index in [-0.39, 0.29) is 10.6 Å². The lowest BCUT2D eigenvalue weighted by molar-refractivity contribution is -0.387. The second kappa shape index (κ2) is 5.76. The zero-order valence-electron chi connectivity index (χ0n) is 13.3. The van der Waals surface area contributed by atoms with Gasteiger partial charge < -0.3 is 4.90 Å². The van der Waals surface area contributed by atoms with Crippen LogP contribution in [0.25, 0.3) is 0 Å². The standard InChI is InChI=1S/C15H21N3O4S/c1-16-11-6-7-12(16)10-17(9-8-11)13-4-3-5-14(23(2,21)22)15(13)18(19)20/h3-5,11-12H,6-10H2,1-2H3. The van der Waals surface area contributed by atoms with E-state index in [4.69, 9.17) is 0 Å². The molecule has 2 saturated heterocycles. The fraction of sp³-hybridized carbons (Fsp3) is 0.600. The van der Waals surface area contributed by atoms with E-state index in [9.17, 15) is 18.5 Å². The van der Waals surface area contributed by atoms with E-state index >= 15 is 0 Å². The van der Waals surface area contributed by atoms with Crippen LogP contribution in [0, 0.1) is 10.1 Å². The number of anilines is 1. The molecular weight excluding hydrogens is 318 g/mol. The van der Waals surface area contributed by atoms with Crippen molar-refractivity contribution in [3.63, 3.8) is 0 Å². The summed E-state index contributed by atoms with van der Waals surface area (Å²) in [4.78, 5) is 15.1. The third kappa shape index (κ3) is 2.92. The average Bonchev–Trinajstić information content (AvgIpc) is 2.70. The van der Waals surface area contributed by atoms with Gasteiger partial charge in [0, 0.05) is 31.4 Å². The number of para-hydroxylation sites is 1. The number of likely N-dealkylation sites (N-methyl/N-ethyl adjacent to an activating group) is 1. The molecule has 0 spiro atoms. The minimum Gasteiger partial charge on any atom is -0.364 e. The van der Waals surface area contributed by atoms with Gasteiger partial charge in [0.05, 0.1) is 4.92 Å². The summed E-state index contributed by atoms with van der Waals surface area (Å²) in [5, 5.41) is 11.5. The van der Waals surface area contributed by atoms with Crippen LogP contribution in [0.5, 0.6) is 0 Å². The molecule has 0 radical (unpaired) electrons. The molecule has 0 N–H and O–H groups in total. The minimum absolute atomic E-state index is 0.206. The molecular formula is C15H21N3O4S. The van der Waals surface area contributed by atoms with Crippen molar-refractivity contribution in [2.45, 2.75) is 36.2 Å². The monoisotopic (exact) mass is 339 g/mol. The zero-order valence-corrected chi connectivity index (χ0v) is 14.1. The number of hydrogen-bond donors (Lipinski definition) is 0. The summed E-state index contributed by atoms with van der Waals surface area (Å²) >= 11 is 0. The van der Waals surface area contributed by atoms with Crippen molar-refractivity contribution in [1.29, 1.82) is 0 Å². The smallest absolute Gasteiger partial charge is 0.311 e.